The third kappa shape index (κ3) is 2.45. The molecule has 0 aromatic rings. The van der Waals surface area contributed by atoms with E-state index in [2.05, 4.69) is 32.2 Å². The molecule has 0 aliphatic heterocycles. The Morgan fingerprint density at radius 1 is 1.46 bits per heavy atom. The van der Waals surface area contributed by atoms with E-state index in [9.17, 15) is 0 Å². The standard InChI is InChI=1S/C11H20N2/c1-4-10(7-12)13-11-6-5-8(2)9(11)3/h8-11,13H,4-6H2,1-3H3. The van der Waals surface area contributed by atoms with Crippen LogP contribution in [-0.2, 0) is 0 Å². The maximum atomic E-state index is 8.83. The summed E-state index contributed by atoms with van der Waals surface area (Å²) in [6.07, 6.45) is 3.45. The third-order valence-corrected chi connectivity index (χ3v) is 3.44. The quantitative estimate of drug-likeness (QED) is 0.723. The van der Waals surface area contributed by atoms with Gasteiger partial charge in [-0.15, -0.1) is 0 Å². The highest BCUT2D eigenvalue weighted by Crippen LogP contribution is 2.31. The Labute approximate surface area is 81.3 Å². The number of nitriles is 1. The highest BCUT2D eigenvalue weighted by molar-refractivity contribution is 4.94. The lowest BCUT2D eigenvalue weighted by Crippen LogP contribution is -2.39. The zero-order valence-electron chi connectivity index (χ0n) is 8.88. The van der Waals surface area contributed by atoms with Crippen LogP contribution in [0.25, 0.3) is 0 Å². The van der Waals surface area contributed by atoms with Crippen LogP contribution in [0, 0.1) is 23.2 Å². The van der Waals surface area contributed by atoms with Gasteiger partial charge in [0, 0.05) is 6.04 Å². The van der Waals surface area contributed by atoms with Crippen LogP contribution < -0.4 is 5.32 Å². The smallest absolute Gasteiger partial charge is 0.0952 e. The van der Waals surface area contributed by atoms with Crippen molar-refractivity contribution in [3.63, 3.8) is 0 Å². The predicted octanol–water partition coefficient (Wildman–Crippen LogP) is 2.31. The van der Waals surface area contributed by atoms with Crippen molar-refractivity contribution in [2.75, 3.05) is 0 Å². The van der Waals surface area contributed by atoms with Crippen molar-refractivity contribution >= 4 is 0 Å². The molecule has 1 rings (SSSR count). The Morgan fingerprint density at radius 2 is 2.15 bits per heavy atom. The second-order valence-electron chi connectivity index (χ2n) is 4.28. The van der Waals surface area contributed by atoms with E-state index in [4.69, 9.17) is 5.26 Å². The lowest BCUT2D eigenvalue weighted by atomic mass is 9.97. The molecule has 1 aliphatic carbocycles. The number of nitrogens with one attached hydrogen (secondary N) is 1. The van der Waals surface area contributed by atoms with Crippen LogP contribution in [-0.4, -0.2) is 12.1 Å². The van der Waals surface area contributed by atoms with E-state index in [1.54, 1.807) is 0 Å². The lowest BCUT2D eigenvalue weighted by molar-refractivity contribution is 0.354. The van der Waals surface area contributed by atoms with Crippen molar-refractivity contribution in [3.05, 3.63) is 0 Å². The molecule has 74 valence electrons. The van der Waals surface area contributed by atoms with Gasteiger partial charge in [-0.2, -0.15) is 5.26 Å². The van der Waals surface area contributed by atoms with Crippen LogP contribution in [0.2, 0.25) is 0 Å². The molecule has 0 radical (unpaired) electrons. The molecular formula is C11H20N2. The fourth-order valence-electron chi connectivity index (χ4n) is 2.10. The second-order valence-corrected chi connectivity index (χ2v) is 4.28. The summed E-state index contributed by atoms with van der Waals surface area (Å²) in [5.74, 6) is 1.54. The first-order valence-electron chi connectivity index (χ1n) is 5.34. The van der Waals surface area contributed by atoms with Gasteiger partial charge in [-0.1, -0.05) is 20.8 Å². The summed E-state index contributed by atoms with van der Waals surface area (Å²) in [4.78, 5) is 0. The van der Waals surface area contributed by atoms with Gasteiger partial charge in [-0.3, -0.25) is 5.32 Å². The van der Waals surface area contributed by atoms with Gasteiger partial charge < -0.3 is 0 Å². The van der Waals surface area contributed by atoms with E-state index in [0.29, 0.717) is 6.04 Å². The van der Waals surface area contributed by atoms with Gasteiger partial charge in [0.15, 0.2) is 0 Å². The van der Waals surface area contributed by atoms with Crippen LogP contribution >= 0.6 is 0 Å². The summed E-state index contributed by atoms with van der Waals surface area (Å²) in [5, 5.41) is 12.3. The fourth-order valence-corrected chi connectivity index (χ4v) is 2.10. The van der Waals surface area contributed by atoms with E-state index in [0.717, 1.165) is 18.3 Å². The van der Waals surface area contributed by atoms with Crippen molar-refractivity contribution in [2.24, 2.45) is 11.8 Å². The Hall–Kier alpha value is -0.550. The molecule has 4 unspecified atom stereocenters. The Kier molecular flexibility index (Phi) is 3.74. The molecule has 2 heteroatoms. The van der Waals surface area contributed by atoms with Crippen LogP contribution in [0.5, 0.6) is 0 Å². The predicted molar refractivity (Wildman–Crippen MR) is 54.2 cm³/mol. The highest BCUT2D eigenvalue weighted by atomic mass is 15.0. The molecular weight excluding hydrogens is 160 g/mol. The van der Waals surface area contributed by atoms with Crippen molar-refractivity contribution in [1.29, 1.82) is 5.26 Å². The highest BCUT2D eigenvalue weighted by Gasteiger charge is 2.30. The van der Waals surface area contributed by atoms with Gasteiger partial charge in [0.05, 0.1) is 12.1 Å². The van der Waals surface area contributed by atoms with Crippen LogP contribution in [0.3, 0.4) is 0 Å². The zero-order valence-corrected chi connectivity index (χ0v) is 8.88. The molecule has 1 N–H and O–H groups in total. The van der Waals surface area contributed by atoms with Crippen LogP contribution in [0.4, 0.5) is 0 Å². The summed E-state index contributed by atoms with van der Waals surface area (Å²) in [5.41, 5.74) is 0. The molecule has 4 atom stereocenters. The number of rotatable bonds is 3. The van der Waals surface area contributed by atoms with Gasteiger partial charge in [0.1, 0.15) is 0 Å². The topological polar surface area (TPSA) is 35.8 Å². The molecule has 0 bridgehead atoms. The minimum atomic E-state index is 0.0535. The maximum Gasteiger partial charge on any atom is 0.0952 e. The van der Waals surface area contributed by atoms with Gasteiger partial charge >= 0.3 is 0 Å². The average Bonchev–Trinajstić information content (AvgIpc) is 2.45. The molecule has 0 heterocycles. The van der Waals surface area contributed by atoms with Crippen molar-refractivity contribution in [1.82, 2.24) is 5.32 Å². The summed E-state index contributed by atoms with van der Waals surface area (Å²) < 4.78 is 0. The van der Waals surface area contributed by atoms with E-state index in [-0.39, 0.29) is 6.04 Å². The SMILES string of the molecule is CCC(C#N)NC1CCC(C)C1C. The lowest BCUT2D eigenvalue weighted by Gasteiger charge is -2.21. The minimum absolute atomic E-state index is 0.0535. The average molecular weight is 180 g/mol. The number of nitrogens with zero attached hydrogens (tertiary/aromatic N) is 1. The molecule has 2 nitrogen and oxygen atoms in total. The minimum Gasteiger partial charge on any atom is -0.299 e. The molecule has 0 saturated heterocycles. The molecule has 0 aromatic heterocycles. The van der Waals surface area contributed by atoms with Gasteiger partial charge in [-0.05, 0) is 31.1 Å². The molecule has 13 heavy (non-hydrogen) atoms. The van der Waals surface area contributed by atoms with Crippen LogP contribution in [0.1, 0.15) is 40.0 Å². The fraction of sp³-hybridized carbons (Fsp3) is 0.909. The summed E-state index contributed by atoms with van der Waals surface area (Å²) in [6, 6.07) is 2.93. The van der Waals surface area contributed by atoms with Gasteiger partial charge in [0.25, 0.3) is 0 Å². The largest absolute Gasteiger partial charge is 0.299 e. The molecule has 1 saturated carbocycles. The monoisotopic (exact) mass is 180 g/mol. The molecule has 1 fully saturated rings. The van der Waals surface area contributed by atoms with E-state index < -0.39 is 0 Å². The molecule has 0 spiro atoms. The third-order valence-electron chi connectivity index (χ3n) is 3.44. The summed E-state index contributed by atoms with van der Waals surface area (Å²) in [6.45, 7) is 6.66. The zero-order chi connectivity index (χ0) is 9.84. The van der Waals surface area contributed by atoms with Crippen molar-refractivity contribution in [3.8, 4) is 6.07 Å². The first-order valence-corrected chi connectivity index (χ1v) is 5.34. The number of hydrogen-bond acceptors (Lipinski definition) is 2. The normalized spacial score (nSPS) is 35.7. The first-order chi connectivity index (χ1) is 6.19. The van der Waals surface area contributed by atoms with Gasteiger partial charge in [-0.25, -0.2) is 0 Å². The number of hydrogen-bond donors (Lipinski definition) is 1. The van der Waals surface area contributed by atoms with Crippen LogP contribution in [0.15, 0.2) is 0 Å². The maximum absolute atomic E-state index is 8.83. The summed E-state index contributed by atoms with van der Waals surface area (Å²) >= 11 is 0. The van der Waals surface area contributed by atoms with Gasteiger partial charge in [0.2, 0.25) is 0 Å². The Balaban J connectivity index is 2.42. The van der Waals surface area contributed by atoms with E-state index in [1.165, 1.54) is 12.8 Å². The van der Waals surface area contributed by atoms with Crippen molar-refractivity contribution < 1.29 is 0 Å². The first kappa shape index (κ1) is 10.5. The molecule has 0 amide bonds. The Morgan fingerprint density at radius 3 is 2.54 bits per heavy atom. The van der Waals surface area contributed by atoms with E-state index in [1.807, 2.05) is 0 Å². The summed E-state index contributed by atoms with van der Waals surface area (Å²) in [7, 11) is 0. The molecule has 1 aliphatic rings. The Bertz CT molecular complexity index is 195. The van der Waals surface area contributed by atoms with E-state index >= 15 is 0 Å². The second kappa shape index (κ2) is 4.62. The molecule has 0 aromatic carbocycles. The van der Waals surface area contributed by atoms with Crippen molar-refractivity contribution in [2.45, 2.75) is 52.1 Å².